The first-order chi connectivity index (χ1) is 7.56. The fourth-order valence-corrected chi connectivity index (χ4v) is 2.44. The van der Waals surface area contributed by atoms with E-state index < -0.39 is 0 Å². The highest BCUT2D eigenvalue weighted by Gasteiger charge is 2.14. The van der Waals surface area contributed by atoms with Gasteiger partial charge in [0.1, 0.15) is 0 Å². The Morgan fingerprint density at radius 3 is 2.50 bits per heavy atom. The van der Waals surface area contributed by atoms with Crippen LogP contribution in [-0.4, -0.2) is 0 Å². The molecule has 0 saturated carbocycles. The van der Waals surface area contributed by atoms with Crippen molar-refractivity contribution in [2.45, 2.75) is 46.5 Å². The molecule has 0 bridgehead atoms. The molecule has 0 fully saturated rings. The standard InChI is InChI=1S/C16H22/c1-11(2)7-13-8-15-6-5-14(12(3)4)10-16(15)9-13/h5-6,9-12H,7-8H2,1-4H3. The molecule has 0 spiro atoms. The van der Waals surface area contributed by atoms with Gasteiger partial charge in [0.25, 0.3) is 0 Å². The van der Waals surface area contributed by atoms with Crippen molar-refractivity contribution < 1.29 is 0 Å². The van der Waals surface area contributed by atoms with Crippen molar-refractivity contribution in [3.05, 3.63) is 40.5 Å². The lowest BCUT2D eigenvalue weighted by Crippen LogP contribution is -1.92. The SMILES string of the molecule is CC(C)CC1=Cc2cc(C(C)C)ccc2C1. The molecule has 1 aliphatic rings. The molecule has 2 rings (SSSR count). The number of fused-ring (bicyclic) bond motifs is 1. The fourth-order valence-electron chi connectivity index (χ4n) is 2.44. The van der Waals surface area contributed by atoms with Crippen LogP contribution in [0.3, 0.4) is 0 Å². The average Bonchev–Trinajstić information content (AvgIpc) is 2.56. The maximum Gasteiger partial charge on any atom is -0.00577 e. The van der Waals surface area contributed by atoms with E-state index in [1.807, 2.05) is 0 Å². The highest BCUT2D eigenvalue weighted by molar-refractivity contribution is 5.64. The molecular formula is C16H22. The van der Waals surface area contributed by atoms with E-state index in [0.717, 1.165) is 5.92 Å². The molecule has 0 aliphatic heterocycles. The van der Waals surface area contributed by atoms with Crippen LogP contribution in [0.4, 0.5) is 0 Å². The minimum atomic E-state index is 0.632. The zero-order valence-corrected chi connectivity index (χ0v) is 10.9. The molecular weight excluding hydrogens is 192 g/mol. The van der Waals surface area contributed by atoms with E-state index in [-0.39, 0.29) is 0 Å². The Bertz CT molecular complexity index is 408. The Balaban J connectivity index is 2.22. The van der Waals surface area contributed by atoms with Gasteiger partial charge in [-0.3, -0.25) is 0 Å². The maximum atomic E-state index is 2.40. The molecule has 0 radical (unpaired) electrons. The molecule has 0 unspecified atom stereocenters. The van der Waals surface area contributed by atoms with Gasteiger partial charge in [0, 0.05) is 0 Å². The van der Waals surface area contributed by atoms with Gasteiger partial charge in [0.2, 0.25) is 0 Å². The topological polar surface area (TPSA) is 0 Å². The van der Waals surface area contributed by atoms with Crippen LogP contribution < -0.4 is 0 Å². The molecule has 16 heavy (non-hydrogen) atoms. The zero-order chi connectivity index (χ0) is 11.7. The summed E-state index contributed by atoms with van der Waals surface area (Å²) >= 11 is 0. The van der Waals surface area contributed by atoms with Crippen LogP contribution in [0, 0.1) is 5.92 Å². The van der Waals surface area contributed by atoms with Gasteiger partial charge in [-0.05, 0) is 41.4 Å². The summed E-state index contributed by atoms with van der Waals surface area (Å²) < 4.78 is 0. The Morgan fingerprint density at radius 1 is 1.12 bits per heavy atom. The van der Waals surface area contributed by atoms with Crippen LogP contribution in [0.15, 0.2) is 23.8 Å². The zero-order valence-electron chi connectivity index (χ0n) is 10.9. The van der Waals surface area contributed by atoms with Crippen molar-refractivity contribution in [2.24, 2.45) is 5.92 Å². The molecule has 0 saturated heterocycles. The molecule has 1 aromatic carbocycles. The Morgan fingerprint density at radius 2 is 1.88 bits per heavy atom. The van der Waals surface area contributed by atoms with Crippen LogP contribution in [0.1, 0.15) is 56.7 Å². The lowest BCUT2D eigenvalue weighted by Gasteiger charge is -2.07. The van der Waals surface area contributed by atoms with E-state index in [1.54, 1.807) is 5.57 Å². The van der Waals surface area contributed by atoms with Gasteiger partial charge in [-0.25, -0.2) is 0 Å². The second-order valence-electron chi connectivity index (χ2n) is 5.69. The van der Waals surface area contributed by atoms with Crippen LogP contribution in [0.2, 0.25) is 0 Å². The number of allylic oxidation sites excluding steroid dienone is 1. The Labute approximate surface area is 99.4 Å². The van der Waals surface area contributed by atoms with E-state index >= 15 is 0 Å². The minimum absolute atomic E-state index is 0.632. The smallest absolute Gasteiger partial charge is 0.00577 e. The summed E-state index contributed by atoms with van der Waals surface area (Å²) in [5, 5.41) is 0. The summed E-state index contributed by atoms with van der Waals surface area (Å²) in [6.07, 6.45) is 4.82. The molecule has 0 N–H and O–H groups in total. The molecule has 0 heteroatoms. The number of hydrogen-bond acceptors (Lipinski definition) is 0. The summed E-state index contributed by atoms with van der Waals surface area (Å²) in [6, 6.07) is 6.97. The fraction of sp³-hybridized carbons (Fsp3) is 0.500. The van der Waals surface area contributed by atoms with Crippen molar-refractivity contribution in [3.63, 3.8) is 0 Å². The van der Waals surface area contributed by atoms with Crippen molar-refractivity contribution in [3.8, 4) is 0 Å². The molecule has 0 amide bonds. The summed E-state index contributed by atoms with van der Waals surface area (Å²) in [4.78, 5) is 0. The predicted molar refractivity (Wildman–Crippen MR) is 71.7 cm³/mol. The lowest BCUT2D eigenvalue weighted by molar-refractivity contribution is 0.638. The van der Waals surface area contributed by atoms with Crippen molar-refractivity contribution >= 4 is 6.08 Å². The molecule has 0 nitrogen and oxygen atoms in total. The van der Waals surface area contributed by atoms with Crippen LogP contribution >= 0.6 is 0 Å². The molecule has 0 heterocycles. The first kappa shape index (κ1) is 11.4. The van der Waals surface area contributed by atoms with E-state index in [9.17, 15) is 0 Å². The van der Waals surface area contributed by atoms with Crippen molar-refractivity contribution in [1.29, 1.82) is 0 Å². The van der Waals surface area contributed by atoms with Crippen molar-refractivity contribution in [2.75, 3.05) is 0 Å². The summed E-state index contributed by atoms with van der Waals surface area (Å²) in [5.41, 5.74) is 6.04. The van der Waals surface area contributed by atoms with Crippen LogP contribution in [0.25, 0.3) is 6.08 Å². The van der Waals surface area contributed by atoms with Gasteiger partial charge in [0.15, 0.2) is 0 Å². The summed E-state index contributed by atoms with van der Waals surface area (Å²) in [6.45, 7) is 9.11. The molecule has 0 aromatic heterocycles. The normalized spacial score (nSPS) is 14.5. The van der Waals surface area contributed by atoms with E-state index in [0.29, 0.717) is 5.92 Å². The first-order valence-corrected chi connectivity index (χ1v) is 6.38. The number of benzene rings is 1. The predicted octanol–water partition coefficient (Wildman–Crippen LogP) is 4.80. The third kappa shape index (κ3) is 2.37. The third-order valence-corrected chi connectivity index (χ3v) is 3.28. The van der Waals surface area contributed by atoms with Gasteiger partial charge >= 0.3 is 0 Å². The minimum Gasteiger partial charge on any atom is -0.0649 e. The monoisotopic (exact) mass is 214 g/mol. The van der Waals surface area contributed by atoms with Gasteiger partial charge in [-0.1, -0.05) is 57.5 Å². The van der Waals surface area contributed by atoms with Crippen LogP contribution in [-0.2, 0) is 6.42 Å². The third-order valence-electron chi connectivity index (χ3n) is 3.28. The lowest BCUT2D eigenvalue weighted by atomic mass is 9.98. The Hall–Kier alpha value is -1.04. The molecule has 0 atom stereocenters. The van der Waals surface area contributed by atoms with Gasteiger partial charge in [-0.15, -0.1) is 0 Å². The summed E-state index contributed by atoms with van der Waals surface area (Å²) in [5.74, 6) is 1.40. The first-order valence-electron chi connectivity index (χ1n) is 6.38. The van der Waals surface area contributed by atoms with E-state index in [2.05, 4.69) is 52.0 Å². The second-order valence-corrected chi connectivity index (χ2v) is 5.69. The maximum absolute atomic E-state index is 2.40. The molecule has 1 aliphatic carbocycles. The highest BCUT2D eigenvalue weighted by Crippen LogP contribution is 2.30. The number of rotatable bonds is 3. The largest absolute Gasteiger partial charge is 0.0649 e. The Kier molecular flexibility index (Phi) is 3.18. The van der Waals surface area contributed by atoms with Crippen molar-refractivity contribution in [1.82, 2.24) is 0 Å². The highest BCUT2D eigenvalue weighted by atomic mass is 14.2. The second kappa shape index (κ2) is 4.45. The quantitative estimate of drug-likeness (QED) is 0.678. The van der Waals surface area contributed by atoms with E-state index in [1.165, 1.54) is 29.5 Å². The molecule has 1 aromatic rings. The van der Waals surface area contributed by atoms with Gasteiger partial charge in [0.05, 0.1) is 0 Å². The van der Waals surface area contributed by atoms with Gasteiger partial charge in [-0.2, -0.15) is 0 Å². The van der Waals surface area contributed by atoms with E-state index in [4.69, 9.17) is 0 Å². The van der Waals surface area contributed by atoms with Crippen LogP contribution in [0.5, 0.6) is 0 Å². The summed E-state index contributed by atoms with van der Waals surface area (Å²) in [7, 11) is 0. The van der Waals surface area contributed by atoms with Gasteiger partial charge < -0.3 is 0 Å². The molecule has 86 valence electrons. The number of hydrogen-bond donors (Lipinski definition) is 0. The average molecular weight is 214 g/mol.